The summed E-state index contributed by atoms with van der Waals surface area (Å²) in [5.41, 5.74) is 1.24. The first-order valence-electron chi connectivity index (χ1n) is 9.83. The molecule has 1 aromatic rings. The van der Waals surface area contributed by atoms with Crippen LogP contribution in [-0.2, 0) is 9.53 Å². The molecular formula is C20H26N4O4. The van der Waals surface area contributed by atoms with E-state index in [0.717, 1.165) is 12.8 Å². The largest absolute Gasteiger partial charge is 0.378 e. The second-order valence-electron chi connectivity index (χ2n) is 7.68. The number of likely N-dealkylation sites (N-methyl/N-ethyl adjacent to an activating group) is 1. The van der Waals surface area contributed by atoms with E-state index in [0.29, 0.717) is 50.5 Å². The van der Waals surface area contributed by atoms with E-state index in [1.165, 1.54) is 0 Å². The highest BCUT2D eigenvalue weighted by Gasteiger charge is 2.42. The van der Waals surface area contributed by atoms with Crippen LogP contribution in [0.15, 0.2) is 24.3 Å². The third-order valence-electron chi connectivity index (χ3n) is 5.86. The maximum absolute atomic E-state index is 12.9. The summed E-state index contributed by atoms with van der Waals surface area (Å²) in [6.07, 6.45) is 2.17. The van der Waals surface area contributed by atoms with E-state index in [1.807, 2.05) is 4.90 Å². The highest BCUT2D eigenvalue weighted by Crippen LogP contribution is 2.31. The summed E-state index contributed by atoms with van der Waals surface area (Å²) in [5.74, 6) is 0.0734. The molecule has 3 aliphatic heterocycles. The average molecular weight is 386 g/mol. The van der Waals surface area contributed by atoms with Gasteiger partial charge in [-0.15, -0.1) is 0 Å². The number of hydrogen-bond acceptors (Lipinski definition) is 4. The van der Waals surface area contributed by atoms with Gasteiger partial charge in [0.2, 0.25) is 5.91 Å². The minimum Gasteiger partial charge on any atom is -0.378 e. The van der Waals surface area contributed by atoms with E-state index in [1.54, 1.807) is 41.1 Å². The van der Waals surface area contributed by atoms with Crippen molar-refractivity contribution in [2.45, 2.75) is 31.3 Å². The van der Waals surface area contributed by atoms with Gasteiger partial charge in [0.1, 0.15) is 0 Å². The lowest BCUT2D eigenvalue weighted by Crippen LogP contribution is -2.45. The predicted octanol–water partition coefficient (Wildman–Crippen LogP) is 1.39. The summed E-state index contributed by atoms with van der Waals surface area (Å²) in [4.78, 5) is 42.8. The second kappa shape index (κ2) is 7.79. The Bertz CT molecular complexity index is 760. The van der Waals surface area contributed by atoms with Crippen LogP contribution in [0.2, 0.25) is 0 Å². The number of amides is 4. The molecule has 2 atom stereocenters. The van der Waals surface area contributed by atoms with Crippen molar-refractivity contribution in [3.05, 3.63) is 29.8 Å². The highest BCUT2D eigenvalue weighted by atomic mass is 16.5. The molecule has 8 nitrogen and oxygen atoms in total. The van der Waals surface area contributed by atoms with Crippen molar-refractivity contribution in [3.63, 3.8) is 0 Å². The Labute approximate surface area is 164 Å². The molecule has 0 saturated carbocycles. The van der Waals surface area contributed by atoms with Crippen LogP contribution in [0.25, 0.3) is 0 Å². The summed E-state index contributed by atoms with van der Waals surface area (Å²) >= 11 is 0. The normalized spacial score (nSPS) is 24.9. The van der Waals surface area contributed by atoms with Gasteiger partial charge in [-0.05, 0) is 37.1 Å². The first-order valence-corrected chi connectivity index (χ1v) is 9.83. The van der Waals surface area contributed by atoms with Gasteiger partial charge in [0.15, 0.2) is 0 Å². The van der Waals surface area contributed by atoms with Gasteiger partial charge in [-0.1, -0.05) is 0 Å². The number of fused-ring (bicyclic) bond motifs is 2. The Balaban J connectivity index is 1.41. The van der Waals surface area contributed by atoms with Crippen LogP contribution in [0.4, 0.5) is 10.5 Å². The fourth-order valence-electron chi connectivity index (χ4n) is 4.28. The zero-order chi connectivity index (χ0) is 19.7. The summed E-state index contributed by atoms with van der Waals surface area (Å²) in [6.45, 7) is 2.91. The smallest absolute Gasteiger partial charge is 0.322 e. The van der Waals surface area contributed by atoms with Gasteiger partial charge in [0.25, 0.3) is 5.91 Å². The number of carbonyl (C=O) groups is 3. The molecule has 0 spiro atoms. The van der Waals surface area contributed by atoms with Crippen molar-refractivity contribution < 1.29 is 19.1 Å². The lowest BCUT2D eigenvalue weighted by Gasteiger charge is -2.28. The Morgan fingerprint density at radius 2 is 1.75 bits per heavy atom. The van der Waals surface area contributed by atoms with Gasteiger partial charge in [-0.3, -0.25) is 9.59 Å². The van der Waals surface area contributed by atoms with Gasteiger partial charge in [0, 0.05) is 50.4 Å². The van der Waals surface area contributed by atoms with E-state index < -0.39 is 0 Å². The molecular weight excluding hydrogens is 360 g/mol. The van der Waals surface area contributed by atoms with E-state index in [2.05, 4.69) is 5.32 Å². The Morgan fingerprint density at radius 3 is 2.46 bits per heavy atom. The number of urea groups is 1. The van der Waals surface area contributed by atoms with Crippen molar-refractivity contribution in [2.24, 2.45) is 0 Å². The quantitative estimate of drug-likeness (QED) is 0.833. The maximum Gasteiger partial charge on any atom is 0.322 e. The fourth-order valence-corrected chi connectivity index (χ4v) is 4.28. The van der Waals surface area contributed by atoms with Gasteiger partial charge in [0.05, 0.1) is 19.3 Å². The number of rotatable bonds is 2. The zero-order valence-corrected chi connectivity index (χ0v) is 16.1. The molecule has 3 saturated heterocycles. The number of hydrogen-bond donors (Lipinski definition) is 1. The second-order valence-corrected chi connectivity index (χ2v) is 7.68. The Morgan fingerprint density at radius 1 is 1.07 bits per heavy atom. The fraction of sp³-hybridized carbons (Fsp3) is 0.550. The van der Waals surface area contributed by atoms with Gasteiger partial charge >= 0.3 is 6.03 Å². The summed E-state index contributed by atoms with van der Waals surface area (Å²) < 4.78 is 5.28. The number of nitrogens with zero attached hydrogens (tertiary/aromatic N) is 3. The lowest BCUT2D eigenvalue weighted by molar-refractivity contribution is -0.130. The number of nitrogens with one attached hydrogen (secondary N) is 1. The van der Waals surface area contributed by atoms with Gasteiger partial charge < -0.3 is 24.8 Å². The highest BCUT2D eigenvalue weighted by molar-refractivity contribution is 5.96. The molecule has 0 aliphatic carbocycles. The first kappa shape index (κ1) is 18.7. The Hall–Kier alpha value is -2.61. The molecule has 2 bridgehead atoms. The number of ether oxygens (including phenoxy) is 1. The van der Waals surface area contributed by atoms with Crippen molar-refractivity contribution in [3.8, 4) is 0 Å². The molecule has 3 aliphatic rings. The van der Waals surface area contributed by atoms with Gasteiger partial charge in [-0.25, -0.2) is 4.79 Å². The van der Waals surface area contributed by atoms with Crippen LogP contribution in [0.5, 0.6) is 0 Å². The molecule has 0 radical (unpaired) electrons. The third-order valence-corrected chi connectivity index (χ3v) is 5.86. The molecule has 1 aromatic carbocycles. The Kier molecular flexibility index (Phi) is 5.21. The minimum atomic E-state index is -0.178. The molecule has 8 heteroatoms. The number of anilines is 1. The topological polar surface area (TPSA) is 82.2 Å². The number of benzene rings is 1. The third kappa shape index (κ3) is 3.69. The van der Waals surface area contributed by atoms with Crippen LogP contribution in [-0.4, -0.2) is 84.5 Å². The molecule has 28 heavy (non-hydrogen) atoms. The number of carbonyl (C=O) groups excluding carboxylic acids is 3. The predicted molar refractivity (Wildman–Crippen MR) is 103 cm³/mol. The number of morpholine rings is 1. The molecule has 1 N–H and O–H groups in total. The summed E-state index contributed by atoms with van der Waals surface area (Å²) in [5, 5.41) is 2.93. The van der Waals surface area contributed by atoms with Crippen molar-refractivity contribution in [1.29, 1.82) is 0 Å². The molecule has 0 aromatic heterocycles. The van der Waals surface area contributed by atoms with E-state index in [-0.39, 0.29) is 29.9 Å². The van der Waals surface area contributed by atoms with E-state index in [4.69, 9.17) is 4.74 Å². The summed E-state index contributed by atoms with van der Waals surface area (Å²) in [6, 6.07) is 6.82. The molecule has 4 amide bonds. The van der Waals surface area contributed by atoms with Crippen molar-refractivity contribution >= 4 is 23.5 Å². The lowest BCUT2D eigenvalue weighted by atomic mass is 10.1. The average Bonchev–Trinajstić information content (AvgIpc) is 3.05. The maximum atomic E-state index is 12.9. The van der Waals surface area contributed by atoms with Crippen molar-refractivity contribution in [2.75, 3.05) is 45.2 Å². The van der Waals surface area contributed by atoms with Crippen LogP contribution >= 0.6 is 0 Å². The van der Waals surface area contributed by atoms with Crippen molar-refractivity contribution in [1.82, 2.24) is 14.7 Å². The standard InChI is InChI=1S/C20H26N4O4/c1-22-13-17-7-6-16(12-18(22)25)24(17)20(27)21-15-4-2-14(3-5-15)19(26)23-8-10-28-11-9-23/h2-5,16-17H,6-13H2,1H3,(H,21,27)/t16-,17+/m1/s1. The molecule has 3 fully saturated rings. The zero-order valence-electron chi connectivity index (χ0n) is 16.1. The molecule has 3 heterocycles. The van der Waals surface area contributed by atoms with E-state index in [9.17, 15) is 14.4 Å². The minimum absolute atomic E-state index is 0.0201. The van der Waals surface area contributed by atoms with Crippen LogP contribution in [0.1, 0.15) is 29.6 Å². The molecule has 4 rings (SSSR count). The van der Waals surface area contributed by atoms with Crippen LogP contribution < -0.4 is 5.32 Å². The molecule has 0 unspecified atom stereocenters. The summed E-state index contributed by atoms with van der Waals surface area (Å²) in [7, 11) is 1.79. The SMILES string of the molecule is CN1C[C@@H]2CC[C@H](CC1=O)N2C(=O)Nc1ccc(C(=O)N2CCOCC2)cc1. The number of likely N-dealkylation sites (tertiary alicyclic amines) is 1. The monoisotopic (exact) mass is 386 g/mol. The van der Waals surface area contributed by atoms with Crippen LogP contribution in [0, 0.1) is 0 Å². The first-order chi connectivity index (χ1) is 13.5. The van der Waals surface area contributed by atoms with Crippen LogP contribution in [0.3, 0.4) is 0 Å². The molecule has 150 valence electrons. The van der Waals surface area contributed by atoms with E-state index >= 15 is 0 Å². The van der Waals surface area contributed by atoms with Gasteiger partial charge in [-0.2, -0.15) is 0 Å².